The number of benzene rings is 1. The Morgan fingerprint density at radius 2 is 2.24 bits per heavy atom. The van der Waals surface area contributed by atoms with Gasteiger partial charge in [-0.1, -0.05) is 23.7 Å². The Morgan fingerprint density at radius 1 is 1.53 bits per heavy atom. The Hall–Kier alpha value is -1.55. The summed E-state index contributed by atoms with van der Waals surface area (Å²) >= 11 is 5.92. The summed E-state index contributed by atoms with van der Waals surface area (Å²) in [4.78, 5) is 24.6. The molecular formula is C12H13ClN2O2. The SMILES string of the molecule is CN1C(=O)CC(C(N)=O)C1c1cccc(Cl)c1. The molecule has 1 aromatic carbocycles. The van der Waals surface area contributed by atoms with E-state index < -0.39 is 11.8 Å². The van der Waals surface area contributed by atoms with Gasteiger partial charge in [-0.2, -0.15) is 0 Å². The van der Waals surface area contributed by atoms with Crippen molar-refractivity contribution in [1.29, 1.82) is 0 Å². The molecule has 1 saturated heterocycles. The lowest BCUT2D eigenvalue weighted by Gasteiger charge is -2.23. The molecule has 17 heavy (non-hydrogen) atoms. The summed E-state index contributed by atoms with van der Waals surface area (Å²) in [6.07, 6.45) is 0.170. The van der Waals surface area contributed by atoms with Crippen molar-refractivity contribution < 1.29 is 9.59 Å². The molecule has 2 N–H and O–H groups in total. The number of rotatable bonds is 2. The fourth-order valence-electron chi connectivity index (χ4n) is 2.27. The number of nitrogens with two attached hydrogens (primary N) is 1. The van der Waals surface area contributed by atoms with Crippen LogP contribution in [0.4, 0.5) is 0 Å². The van der Waals surface area contributed by atoms with Crippen LogP contribution in [0.25, 0.3) is 0 Å². The molecule has 2 unspecified atom stereocenters. The third-order valence-electron chi connectivity index (χ3n) is 3.14. The zero-order valence-electron chi connectivity index (χ0n) is 9.39. The van der Waals surface area contributed by atoms with Gasteiger partial charge in [0.15, 0.2) is 0 Å². The summed E-state index contributed by atoms with van der Waals surface area (Å²) in [5.74, 6) is -1.00. The summed E-state index contributed by atoms with van der Waals surface area (Å²) in [5, 5.41) is 0.582. The normalized spacial score (nSPS) is 24.1. The standard InChI is InChI=1S/C12H13ClN2O2/c1-15-10(16)6-9(12(14)17)11(15)7-3-2-4-8(13)5-7/h2-5,9,11H,6H2,1H3,(H2,14,17). The van der Waals surface area contributed by atoms with Crippen LogP contribution >= 0.6 is 11.6 Å². The van der Waals surface area contributed by atoms with E-state index in [-0.39, 0.29) is 18.4 Å². The zero-order valence-corrected chi connectivity index (χ0v) is 10.1. The molecule has 0 saturated carbocycles. The Labute approximate surface area is 104 Å². The fraction of sp³-hybridized carbons (Fsp3) is 0.333. The number of amides is 2. The van der Waals surface area contributed by atoms with E-state index in [2.05, 4.69) is 0 Å². The first-order valence-corrected chi connectivity index (χ1v) is 5.69. The number of hydrogen-bond donors (Lipinski definition) is 1. The molecule has 0 aromatic heterocycles. The molecule has 5 heteroatoms. The number of hydrogen-bond acceptors (Lipinski definition) is 2. The maximum atomic E-state index is 11.6. The van der Waals surface area contributed by atoms with Crippen molar-refractivity contribution in [2.45, 2.75) is 12.5 Å². The highest BCUT2D eigenvalue weighted by Crippen LogP contribution is 2.37. The highest BCUT2D eigenvalue weighted by molar-refractivity contribution is 6.30. The van der Waals surface area contributed by atoms with Crippen LogP contribution in [-0.2, 0) is 9.59 Å². The van der Waals surface area contributed by atoms with Crippen LogP contribution in [0.1, 0.15) is 18.0 Å². The molecular weight excluding hydrogens is 240 g/mol. The van der Waals surface area contributed by atoms with Crippen molar-refractivity contribution in [3.63, 3.8) is 0 Å². The van der Waals surface area contributed by atoms with E-state index in [1.165, 1.54) is 0 Å². The van der Waals surface area contributed by atoms with Crippen molar-refractivity contribution >= 4 is 23.4 Å². The molecule has 0 spiro atoms. The minimum Gasteiger partial charge on any atom is -0.369 e. The third-order valence-corrected chi connectivity index (χ3v) is 3.38. The van der Waals surface area contributed by atoms with E-state index in [0.717, 1.165) is 5.56 Å². The van der Waals surface area contributed by atoms with Gasteiger partial charge in [0.2, 0.25) is 11.8 Å². The average Bonchev–Trinajstić information content (AvgIpc) is 2.56. The molecule has 1 aromatic rings. The van der Waals surface area contributed by atoms with Gasteiger partial charge in [-0.05, 0) is 17.7 Å². The molecule has 1 aliphatic heterocycles. The molecule has 0 bridgehead atoms. The summed E-state index contributed by atoms with van der Waals surface area (Å²) < 4.78 is 0. The lowest BCUT2D eigenvalue weighted by Crippen LogP contribution is -2.30. The summed E-state index contributed by atoms with van der Waals surface area (Å²) in [6, 6.07) is 6.85. The number of carbonyl (C=O) groups excluding carboxylic acids is 2. The number of halogens is 1. The van der Waals surface area contributed by atoms with Crippen LogP contribution in [0.2, 0.25) is 5.02 Å². The van der Waals surface area contributed by atoms with E-state index in [0.29, 0.717) is 5.02 Å². The Morgan fingerprint density at radius 3 is 2.82 bits per heavy atom. The van der Waals surface area contributed by atoms with Crippen molar-refractivity contribution in [2.75, 3.05) is 7.05 Å². The van der Waals surface area contributed by atoms with E-state index in [9.17, 15) is 9.59 Å². The lowest BCUT2D eigenvalue weighted by molar-refractivity contribution is -0.128. The second-order valence-electron chi connectivity index (χ2n) is 4.22. The quantitative estimate of drug-likeness (QED) is 0.864. The van der Waals surface area contributed by atoms with Gasteiger partial charge in [0.25, 0.3) is 0 Å². The van der Waals surface area contributed by atoms with Gasteiger partial charge < -0.3 is 10.6 Å². The molecule has 1 fully saturated rings. The predicted molar refractivity (Wildman–Crippen MR) is 64.3 cm³/mol. The predicted octanol–water partition coefficient (Wildman–Crippen LogP) is 1.34. The second-order valence-corrected chi connectivity index (χ2v) is 4.65. The van der Waals surface area contributed by atoms with E-state index in [1.807, 2.05) is 6.07 Å². The van der Waals surface area contributed by atoms with Gasteiger partial charge in [-0.3, -0.25) is 9.59 Å². The minimum atomic E-state index is -0.481. The Bertz CT molecular complexity index is 475. The molecule has 2 atom stereocenters. The topological polar surface area (TPSA) is 63.4 Å². The molecule has 90 valence electrons. The van der Waals surface area contributed by atoms with Crippen LogP contribution in [0.5, 0.6) is 0 Å². The second kappa shape index (κ2) is 4.37. The van der Waals surface area contributed by atoms with Gasteiger partial charge >= 0.3 is 0 Å². The molecule has 2 amide bonds. The van der Waals surface area contributed by atoms with E-state index >= 15 is 0 Å². The first-order chi connectivity index (χ1) is 8.00. The Balaban J connectivity index is 2.40. The van der Waals surface area contributed by atoms with Crippen molar-refractivity contribution in [1.82, 2.24) is 4.90 Å². The van der Waals surface area contributed by atoms with Gasteiger partial charge in [0.05, 0.1) is 12.0 Å². The van der Waals surface area contributed by atoms with E-state index in [4.69, 9.17) is 17.3 Å². The van der Waals surface area contributed by atoms with Crippen LogP contribution in [0, 0.1) is 5.92 Å². The highest BCUT2D eigenvalue weighted by Gasteiger charge is 2.41. The maximum absolute atomic E-state index is 11.6. The van der Waals surface area contributed by atoms with Crippen molar-refractivity contribution in [3.8, 4) is 0 Å². The maximum Gasteiger partial charge on any atom is 0.223 e. The van der Waals surface area contributed by atoms with E-state index in [1.54, 1.807) is 30.1 Å². The smallest absolute Gasteiger partial charge is 0.223 e. The third kappa shape index (κ3) is 2.13. The lowest BCUT2D eigenvalue weighted by atomic mass is 9.93. The summed E-state index contributed by atoms with van der Waals surface area (Å²) in [5.41, 5.74) is 6.18. The summed E-state index contributed by atoms with van der Waals surface area (Å²) in [6.45, 7) is 0. The van der Waals surface area contributed by atoms with Crippen LogP contribution < -0.4 is 5.73 Å². The summed E-state index contributed by atoms with van der Waals surface area (Å²) in [7, 11) is 1.68. The average molecular weight is 253 g/mol. The largest absolute Gasteiger partial charge is 0.369 e. The van der Waals surface area contributed by atoms with Gasteiger partial charge in [0.1, 0.15) is 0 Å². The zero-order chi connectivity index (χ0) is 12.6. The Kier molecular flexibility index (Phi) is 3.07. The van der Waals surface area contributed by atoms with Gasteiger partial charge in [-0.15, -0.1) is 0 Å². The first-order valence-electron chi connectivity index (χ1n) is 5.31. The first kappa shape index (κ1) is 11.9. The molecule has 0 radical (unpaired) electrons. The van der Waals surface area contributed by atoms with Crippen LogP contribution in [-0.4, -0.2) is 23.8 Å². The van der Waals surface area contributed by atoms with Crippen LogP contribution in [0.3, 0.4) is 0 Å². The monoisotopic (exact) mass is 252 g/mol. The molecule has 1 aliphatic rings. The number of likely N-dealkylation sites (tertiary alicyclic amines) is 1. The van der Waals surface area contributed by atoms with Crippen LogP contribution in [0.15, 0.2) is 24.3 Å². The van der Waals surface area contributed by atoms with Gasteiger partial charge in [-0.25, -0.2) is 0 Å². The molecule has 4 nitrogen and oxygen atoms in total. The minimum absolute atomic E-state index is 0.0706. The molecule has 0 aliphatic carbocycles. The number of primary amides is 1. The number of carbonyl (C=O) groups is 2. The number of nitrogens with zero attached hydrogens (tertiary/aromatic N) is 1. The molecule has 1 heterocycles. The van der Waals surface area contributed by atoms with Crippen molar-refractivity contribution in [2.24, 2.45) is 11.7 Å². The highest BCUT2D eigenvalue weighted by atomic mass is 35.5. The van der Waals surface area contributed by atoms with Crippen molar-refractivity contribution in [3.05, 3.63) is 34.9 Å². The molecule has 2 rings (SSSR count). The van der Waals surface area contributed by atoms with Gasteiger partial charge in [0, 0.05) is 18.5 Å². The fourth-order valence-corrected chi connectivity index (χ4v) is 2.47.